The normalized spacial score (nSPS) is 42.1. The van der Waals surface area contributed by atoms with E-state index in [1.54, 1.807) is 0 Å². The standard InChI is InChI=1S/C25H41NO5Si/c1-6-26-16-23-12-9-13-24(17-26,22(28)30-7-2)25(23,29)15-19(27)21-18(14-23)10-8-11-20(21)31-32(3,4)5/h8,11,18,20-21,29H,6-7,9-10,12-17H2,1-5H3/t18?,20?,21?,23-,24-,25?/m0/s1. The van der Waals surface area contributed by atoms with Crippen molar-refractivity contribution in [2.75, 3.05) is 26.2 Å². The van der Waals surface area contributed by atoms with Gasteiger partial charge in [-0.15, -0.1) is 0 Å². The second kappa shape index (κ2) is 8.33. The second-order valence-electron chi connectivity index (χ2n) is 11.6. The number of carbonyl (C=O) groups is 2. The summed E-state index contributed by atoms with van der Waals surface area (Å²) in [4.78, 5) is 29.7. The maximum absolute atomic E-state index is 13.9. The zero-order valence-electron chi connectivity index (χ0n) is 20.5. The summed E-state index contributed by atoms with van der Waals surface area (Å²) in [5.74, 6) is -0.369. The molecule has 0 aromatic carbocycles. The Morgan fingerprint density at radius 3 is 2.66 bits per heavy atom. The lowest BCUT2D eigenvalue weighted by Gasteiger charge is -2.64. The van der Waals surface area contributed by atoms with Crippen molar-refractivity contribution in [3.05, 3.63) is 12.2 Å². The van der Waals surface area contributed by atoms with Crippen LogP contribution in [0.5, 0.6) is 0 Å². The van der Waals surface area contributed by atoms with Crippen LogP contribution >= 0.6 is 0 Å². The minimum atomic E-state index is -1.86. The number of Topliss-reactive ketones (excluding diaryl/α,β-unsaturated/α-hetero) is 1. The van der Waals surface area contributed by atoms with Gasteiger partial charge in [-0.05, 0) is 64.7 Å². The highest BCUT2D eigenvalue weighted by Gasteiger charge is 2.73. The summed E-state index contributed by atoms with van der Waals surface area (Å²) in [5.41, 5.74) is -2.88. The number of likely N-dealkylation sites (tertiary alicyclic amines) is 1. The summed E-state index contributed by atoms with van der Waals surface area (Å²) in [6.45, 7) is 12.7. The summed E-state index contributed by atoms with van der Waals surface area (Å²) in [5, 5.41) is 12.5. The molecule has 1 heterocycles. The van der Waals surface area contributed by atoms with Crippen molar-refractivity contribution in [2.24, 2.45) is 22.7 Å². The molecule has 32 heavy (non-hydrogen) atoms. The third-order valence-corrected chi connectivity index (χ3v) is 9.61. The zero-order valence-corrected chi connectivity index (χ0v) is 21.5. The van der Waals surface area contributed by atoms with E-state index >= 15 is 0 Å². The number of aliphatic hydroxyl groups is 1. The van der Waals surface area contributed by atoms with Crippen molar-refractivity contribution in [2.45, 2.75) is 83.7 Å². The van der Waals surface area contributed by atoms with Crippen LogP contribution in [-0.2, 0) is 18.8 Å². The topological polar surface area (TPSA) is 76.1 Å². The van der Waals surface area contributed by atoms with Gasteiger partial charge in [-0.25, -0.2) is 0 Å². The number of hydrogen-bond acceptors (Lipinski definition) is 6. The second-order valence-corrected chi connectivity index (χ2v) is 16.1. The first-order chi connectivity index (χ1) is 15.0. The molecule has 0 aromatic heterocycles. The number of carbonyl (C=O) groups excluding carboxylic acids is 2. The zero-order chi connectivity index (χ0) is 23.4. The molecule has 0 aromatic rings. The summed E-state index contributed by atoms with van der Waals surface area (Å²) in [6, 6.07) is 0. The molecule has 4 rings (SSSR count). The molecule has 6 atom stereocenters. The predicted molar refractivity (Wildman–Crippen MR) is 126 cm³/mol. The Labute approximate surface area is 193 Å². The molecule has 0 amide bonds. The Balaban J connectivity index is 1.80. The summed E-state index contributed by atoms with van der Waals surface area (Å²) in [6.07, 6.45) is 7.94. The van der Waals surface area contributed by atoms with Crippen LogP contribution in [0.1, 0.15) is 52.4 Å². The number of esters is 1. The number of hydrogen-bond donors (Lipinski definition) is 1. The third kappa shape index (κ3) is 3.64. The lowest BCUT2D eigenvalue weighted by Crippen LogP contribution is -2.75. The molecular formula is C25H41NO5Si. The molecule has 180 valence electrons. The van der Waals surface area contributed by atoms with Gasteiger partial charge >= 0.3 is 5.97 Å². The fourth-order valence-electron chi connectivity index (χ4n) is 7.43. The van der Waals surface area contributed by atoms with Crippen molar-refractivity contribution in [3.8, 4) is 0 Å². The van der Waals surface area contributed by atoms with Crippen molar-refractivity contribution in [1.29, 1.82) is 0 Å². The maximum atomic E-state index is 13.9. The highest BCUT2D eigenvalue weighted by Crippen LogP contribution is 2.64. The smallest absolute Gasteiger partial charge is 0.316 e. The Morgan fingerprint density at radius 2 is 2.00 bits per heavy atom. The molecule has 4 aliphatic rings. The van der Waals surface area contributed by atoms with Gasteiger partial charge < -0.3 is 19.2 Å². The fourth-order valence-corrected chi connectivity index (χ4v) is 8.47. The van der Waals surface area contributed by atoms with E-state index < -0.39 is 24.7 Å². The van der Waals surface area contributed by atoms with Crippen molar-refractivity contribution in [3.63, 3.8) is 0 Å². The molecule has 2 bridgehead atoms. The van der Waals surface area contributed by atoms with E-state index in [4.69, 9.17) is 9.16 Å². The first kappa shape index (κ1) is 24.1. The molecule has 0 radical (unpaired) electrons. The van der Waals surface area contributed by atoms with Crippen LogP contribution in [0.2, 0.25) is 19.6 Å². The van der Waals surface area contributed by atoms with E-state index in [-0.39, 0.29) is 42.7 Å². The fraction of sp³-hybridized carbons (Fsp3) is 0.840. The highest BCUT2D eigenvalue weighted by atomic mass is 28.4. The number of ether oxygens (including phenoxy) is 1. The van der Waals surface area contributed by atoms with E-state index in [1.807, 2.05) is 6.92 Å². The first-order valence-electron chi connectivity index (χ1n) is 12.5. The largest absolute Gasteiger partial charge is 0.465 e. The molecule has 1 aliphatic heterocycles. The average molecular weight is 464 g/mol. The van der Waals surface area contributed by atoms with Gasteiger partial charge in [0.25, 0.3) is 0 Å². The Kier molecular flexibility index (Phi) is 6.28. The lowest BCUT2D eigenvalue weighted by atomic mass is 9.46. The van der Waals surface area contributed by atoms with E-state index in [2.05, 4.69) is 43.6 Å². The number of allylic oxidation sites excluding steroid dienone is 1. The third-order valence-electron chi connectivity index (χ3n) is 8.63. The molecule has 3 aliphatic carbocycles. The average Bonchev–Trinajstić information content (AvgIpc) is 2.78. The quantitative estimate of drug-likeness (QED) is 0.382. The molecule has 2 saturated carbocycles. The van der Waals surface area contributed by atoms with Crippen molar-refractivity contribution < 1.29 is 23.9 Å². The highest BCUT2D eigenvalue weighted by molar-refractivity contribution is 6.69. The SMILES string of the molecule is CCOC(=O)[C@@]12CCC[C@]3(CC4CC=CC(O[Si](C)(C)C)C4C(=O)CC31O)CN(CC)C2. The number of rotatable bonds is 5. The Morgan fingerprint density at radius 1 is 1.25 bits per heavy atom. The number of piperidine rings is 1. The number of fused-ring (bicyclic) bond motifs is 1. The lowest BCUT2D eigenvalue weighted by molar-refractivity contribution is -0.252. The van der Waals surface area contributed by atoms with Crippen LogP contribution in [-0.4, -0.2) is 68.0 Å². The summed E-state index contributed by atoms with van der Waals surface area (Å²) >= 11 is 0. The monoisotopic (exact) mass is 463 g/mol. The van der Waals surface area contributed by atoms with Gasteiger partial charge in [0.05, 0.1) is 18.3 Å². The first-order valence-corrected chi connectivity index (χ1v) is 15.9. The number of nitrogens with zero attached hydrogens (tertiary/aromatic N) is 1. The van der Waals surface area contributed by atoms with Gasteiger partial charge in [0.15, 0.2) is 8.32 Å². The molecule has 1 N–H and O–H groups in total. The Hall–Kier alpha value is -1.02. The molecule has 6 nitrogen and oxygen atoms in total. The minimum absolute atomic E-state index is 0.0317. The molecule has 4 unspecified atom stereocenters. The van der Waals surface area contributed by atoms with Crippen LogP contribution in [0.15, 0.2) is 12.2 Å². The number of ketones is 1. The van der Waals surface area contributed by atoms with Crippen LogP contribution in [0.3, 0.4) is 0 Å². The maximum Gasteiger partial charge on any atom is 0.316 e. The van der Waals surface area contributed by atoms with E-state index in [1.165, 1.54) is 0 Å². The summed E-state index contributed by atoms with van der Waals surface area (Å²) in [7, 11) is -1.86. The predicted octanol–water partition coefficient (Wildman–Crippen LogP) is 3.55. The van der Waals surface area contributed by atoms with Crippen LogP contribution in [0.25, 0.3) is 0 Å². The van der Waals surface area contributed by atoms with Gasteiger partial charge in [0, 0.05) is 30.8 Å². The van der Waals surface area contributed by atoms with E-state index in [0.29, 0.717) is 13.0 Å². The van der Waals surface area contributed by atoms with Gasteiger partial charge in [0.2, 0.25) is 0 Å². The van der Waals surface area contributed by atoms with Crippen molar-refractivity contribution >= 4 is 20.1 Å². The van der Waals surface area contributed by atoms with Gasteiger partial charge in [-0.1, -0.05) is 25.5 Å². The molecule has 0 spiro atoms. The van der Waals surface area contributed by atoms with Gasteiger partial charge in [-0.3, -0.25) is 9.59 Å². The van der Waals surface area contributed by atoms with Gasteiger partial charge in [-0.2, -0.15) is 0 Å². The minimum Gasteiger partial charge on any atom is -0.465 e. The van der Waals surface area contributed by atoms with Crippen LogP contribution < -0.4 is 0 Å². The van der Waals surface area contributed by atoms with Crippen LogP contribution in [0, 0.1) is 22.7 Å². The summed E-state index contributed by atoms with van der Waals surface area (Å²) < 4.78 is 12.0. The molecule has 7 heteroatoms. The van der Waals surface area contributed by atoms with E-state index in [0.717, 1.165) is 38.8 Å². The molecular weight excluding hydrogens is 422 g/mol. The van der Waals surface area contributed by atoms with Gasteiger partial charge in [0.1, 0.15) is 11.2 Å². The molecule has 3 fully saturated rings. The Bertz CT molecular complexity index is 794. The molecule has 1 saturated heterocycles. The van der Waals surface area contributed by atoms with E-state index in [9.17, 15) is 14.7 Å². The van der Waals surface area contributed by atoms with Crippen molar-refractivity contribution in [1.82, 2.24) is 4.90 Å². The van der Waals surface area contributed by atoms with Crippen LogP contribution in [0.4, 0.5) is 0 Å².